The van der Waals surface area contributed by atoms with Gasteiger partial charge in [0.1, 0.15) is 12.3 Å². The highest BCUT2D eigenvalue weighted by atomic mass is 35.5. The maximum Gasteiger partial charge on any atom is 0.322 e. The van der Waals surface area contributed by atoms with E-state index in [0.717, 1.165) is 0 Å². The molecule has 0 aliphatic rings. The Kier molecular flexibility index (Phi) is 6.94. The average molecular weight is 404 g/mol. The van der Waals surface area contributed by atoms with Gasteiger partial charge >= 0.3 is 5.97 Å². The van der Waals surface area contributed by atoms with Crippen LogP contribution in [0.2, 0.25) is 5.02 Å². The minimum atomic E-state index is -1.26. The van der Waals surface area contributed by atoms with Crippen molar-refractivity contribution in [3.05, 3.63) is 74.8 Å². The van der Waals surface area contributed by atoms with Crippen LogP contribution in [0.3, 0.4) is 0 Å². The van der Waals surface area contributed by atoms with Crippen LogP contribution in [0.25, 0.3) is 0 Å². The number of nitro groups is 1. The molecule has 2 rings (SSSR count). The maximum absolute atomic E-state index is 12.4. The number of carbonyl (C=O) groups is 3. The van der Waals surface area contributed by atoms with E-state index in [2.05, 4.69) is 10.3 Å². The van der Waals surface area contributed by atoms with E-state index in [9.17, 15) is 24.5 Å². The van der Waals surface area contributed by atoms with Crippen molar-refractivity contribution in [2.75, 3.05) is 6.54 Å². The molecule has 144 valence electrons. The summed E-state index contributed by atoms with van der Waals surface area (Å²) in [5, 5.41) is 21.7. The Labute approximate surface area is 163 Å². The number of nitrogens with zero attached hydrogens (tertiary/aromatic N) is 2. The second-order valence-electron chi connectivity index (χ2n) is 5.52. The topological polar surface area (TPSA) is 139 Å². The molecule has 2 aromatic carbocycles. The van der Waals surface area contributed by atoms with E-state index in [1.54, 1.807) is 12.1 Å². The molecule has 0 atom stereocenters. The molecule has 9 nitrogen and oxygen atoms in total. The third-order valence-corrected chi connectivity index (χ3v) is 3.85. The van der Waals surface area contributed by atoms with Crippen molar-refractivity contribution < 1.29 is 24.4 Å². The molecule has 2 N–H and O–H groups in total. The van der Waals surface area contributed by atoms with Crippen LogP contribution < -0.4 is 5.32 Å². The average Bonchev–Trinajstić information content (AvgIpc) is 2.66. The quantitative estimate of drug-likeness (QED) is 0.413. The van der Waals surface area contributed by atoms with Gasteiger partial charge in [-0.25, -0.2) is 4.99 Å². The lowest BCUT2D eigenvalue weighted by Crippen LogP contribution is -2.36. The van der Waals surface area contributed by atoms with Crippen molar-refractivity contribution in [1.29, 1.82) is 0 Å². The Balaban J connectivity index is 2.31. The summed E-state index contributed by atoms with van der Waals surface area (Å²) < 4.78 is 0. The lowest BCUT2D eigenvalue weighted by atomic mass is 10.1. The van der Waals surface area contributed by atoms with E-state index < -0.39 is 29.3 Å². The third-order valence-electron chi connectivity index (χ3n) is 3.52. The highest BCUT2D eigenvalue weighted by Gasteiger charge is 2.18. The van der Waals surface area contributed by atoms with Crippen molar-refractivity contribution in [2.24, 2.45) is 4.99 Å². The number of carboxylic acid groups (broad SMARTS) is 1. The number of non-ortho nitro benzene ring substituents is 1. The summed E-state index contributed by atoms with van der Waals surface area (Å²) in [6.07, 6.45) is -0.139. The first-order valence-electron chi connectivity index (χ1n) is 7.87. The summed E-state index contributed by atoms with van der Waals surface area (Å²) in [7, 11) is 0. The summed E-state index contributed by atoms with van der Waals surface area (Å²) in [6.45, 7) is -0.654. The minimum absolute atomic E-state index is 0.0800. The number of halogens is 1. The number of nitrogens with one attached hydrogen (secondary N) is 1. The van der Waals surface area contributed by atoms with E-state index in [1.165, 1.54) is 36.4 Å². The Hall–Kier alpha value is -3.59. The van der Waals surface area contributed by atoms with E-state index in [1.807, 2.05) is 0 Å². The van der Waals surface area contributed by atoms with Gasteiger partial charge in [-0.05, 0) is 17.7 Å². The number of carboxylic acids is 1. The number of benzene rings is 2. The fourth-order valence-corrected chi connectivity index (χ4v) is 2.39. The number of hydrogen-bond donors (Lipinski definition) is 2. The zero-order valence-corrected chi connectivity index (χ0v) is 15.0. The molecule has 0 aromatic heterocycles. The molecular weight excluding hydrogens is 390 g/mol. The number of carbonyl (C=O) groups excluding carboxylic acids is 2. The number of rotatable bonds is 7. The Bertz CT molecular complexity index is 956. The standard InChI is InChI=1S/C18H14ClN3O6/c19-14-4-2-1-3-13(14)17(25)21-15(18(26)20-10-16(23)24)9-11-5-7-12(8-6-11)22(27)28/h1-8H,9-10H2,(H,20,26)(H,23,24). The van der Waals surface area contributed by atoms with Crippen LogP contribution in [0.1, 0.15) is 15.9 Å². The monoisotopic (exact) mass is 403 g/mol. The highest BCUT2D eigenvalue weighted by molar-refractivity contribution is 6.42. The first kappa shape index (κ1) is 20.7. The fraction of sp³-hybridized carbons (Fsp3) is 0.111. The molecule has 0 aliphatic carbocycles. The Morgan fingerprint density at radius 2 is 1.75 bits per heavy atom. The molecule has 0 saturated heterocycles. The van der Waals surface area contributed by atoms with Crippen molar-refractivity contribution in [3.8, 4) is 0 Å². The number of amides is 2. The molecule has 28 heavy (non-hydrogen) atoms. The zero-order chi connectivity index (χ0) is 20.7. The minimum Gasteiger partial charge on any atom is -0.480 e. The lowest BCUT2D eigenvalue weighted by Gasteiger charge is -2.07. The van der Waals surface area contributed by atoms with Crippen molar-refractivity contribution in [3.63, 3.8) is 0 Å². The molecular formula is C18H14ClN3O6. The lowest BCUT2D eigenvalue weighted by molar-refractivity contribution is -0.384. The molecule has 2 aromatic rings. The van der Waals surface area contributed by atoms with Crippen LogP contribution in [-0.4, -0.2) is 40.1 Å². The SMILES string of the molecule is O=C(O)CNC(=O)C(Cc1ccc([N+](=O)[O-])cc1)=NC(=O)c1ccccc1Cl. The van der Waals surface area contributed by atoms with Crippen molar-refractivity contribution in [1.82, 2.24) is 5.32 Å². The molecule has 0 unspecified atom stereocenters. The van der Waals surface area contributed by atoms with Gasteiger partial charge in [0.2, 0.25) is 0 Å². The van der Waals surface area contributed by atoms with Crippen LogP contribution in [0.15, 0.2) is 53.5 Å². The summed E-state index contributed by atoms with van der Waals surface area (Å²) in [5.41, 5.74) is 0.169. The zero-order valence-electron chi connectivity index (χ0n) is 14.3. The number of aliphatic imine (C=N–C) groups is 1. The molecule has 0 saturated carbocycles. The van der Waals surface area contributed by atoms with Crippen LogP contribution >= 0.6 is 11.6 Å². The van der Waals surface area contributed by atoms with Gasteiger partial charge < -0.3 is 10.4 Å². The normalized spacial score (nSPS) is 11.0. The molecule has 0 fully saturated rings. The van der Waals surface area contributed by atoms with Gasteiger partial charge in [0.15, 0.2) is 0 Å². The predicted molar refractivity (Wildman–Crippen MR) is 101 cm³/mol. The summed E-state index contributed by atoms with van der Waals surface area (Å²) >= 11 is 5.96. The summed E-state index contributed by atoms with van der Waals surface area (Å²) in [6, 6.07) is 11.5. The highest BCUT2D eigenvalue weighted by Crippen LogP contribution is 2.17. The van der Waals surface area contributed by atoms with Gasteiger partial charge in [-0.15, -0.1) is 0 Å². The van der Waals surface area contributed by atoms with E-state index in [0.29, 0.717) is 5.56 Å². The van der Waals surface area contributed by atoms with Gasteiger partial charge in [0.05, 0.1) is 15.5 Å². The van der Waals surface area contributed by atoms with Gasteiger partial charge in [0, 0.05) is 18.6 Å². The number of hydrogen-bond acceptors (Lipinski definition) is 5. The second-order valence-corrected chi connectivity index (χ2v) is 5.93. The molecule has 0 bridgehead atoms. The van der Waals surface area contributed by atoms with E-state index >= 15 is 0 Å². The van der Waals surface area contributed by atoms with Crippen LogP contribution in [0.4, 0.5) is 5.69 Å². The Morgan fingerprint density at radius 3 is 2.32 bits per heavy atom. The maximum atomic E-state index is 12.4. The smallest absolute Gasteiger partial charge is 0.322 e. The van der Waals surface area contributed by atoms with Crippen molar-refractivity contribution in [2.45, 2.75) is 6.42 Å². The first-order chi connectivity index (χ1) is 13.3. The summed E-state index contributed by atoms with van der Waals surface area (Å²) in [5.74, 6) is -2.88. The number of aliphatic carboxylic acids is 1. The van der Waals surface area contributed by atoms with Crippen LogP contribution in [-0.2, 0) is 16.0 Å². The largest absolute Gasteiger partial charge is 0.480 e. The van der Waals surface area contributed by atoms with Gasteiger partial charge in [-0.1, -0.05) is 35.9 Å². The molecule has 0 radical (unpaired) electrons. The Morgan fingerprint density at radius 1 is 1.11 bits per heavy atom. The molecule has 2 amide bonds. The molecule has 0 aliphatic heterocycles. The van der Waals surface area contributed by atoms with Crippen LogP contribution in [0, 0.1) is 10.1 Å². The van der Waals surface area contributed by atoms with E-state index in [4.69, 9.17) is 16.7 Å². The third kappa shape index (κ3) is 5.71. The van der Waals surface area contributed by atoms with Crippen LogP contribution in [0.5, 0.6) is 0 Å². The van der Waals surface area contributed by atoms with Gasteiger partial charge in [0.25, 0.3) is 17.5 Å². The predicted octanol–water partition coefficient (Wildman–Crippen LogP) is 2.27. The summed E-state index contributed by atoms with van der Waals surface area (Å²) in [4.78, 5) is 49.3. The van der Waals surface area contributed by atoms with Crippen molar-refractivity contribution >= 4 is 40.8 Å². The second kappa shape index (κ2) is 9.38. The molecule has 0 spiro atoms. The first-order valence-corrected chi connectivity index (χ1v) is 8.25. The molecule has 0 heterocycles. The van der Waals surface area contributed by atoms with Gasteiger partial charge in [-0.3, -0.25) is 24.5 Å². The number of nitro benzene ring substituents is 1. The fourth-order valence-electron chi connectivity index (χ4n) is 2.17. The van der Waals surface area contributed by atoms with E-state index in [-0.39, 0.29) is 28.4 Å². The molecule has 10 heteroatoms. The van der Waals surface area contributed by atoms with Gasteiger partial charge in [-0.2, -0.15) is 0 Å².